The summed E-state index contributed by atoms with van der Waals surface area (Å²) in [6, 6.07) is 4.50. The third kappa shape index (κ3) is 3.93. The lowest BCUT2D eigenvalue weighted by Gasteiger charge is -2.37. The number of carbonyl (C=O) groups excluding carboxylic acids is 1. The number of aryl methyl sites for hydroxylation is 3. The number of hydrogen-bond donors (Lipinski definition) is 0. The van der Waals surface area contributed by atoms with Crippen LogP contribution in [0.25, 0.3) is 0 Å². The first-order chi connectivity index (χ1) is 10.2. The molecule has 1 heterocycles. The van der Waals surface area contributed by atoms with E-state index in [2.05, 4.69) is 37.8 Å². The zero-order chi connectivity index (χ0) is 16.5. The van der Waals surface area contributed by atoms with E-state index >= 15 is 0 Å². The van der Waals surface area contributed by atoms with Gasteiger partial charge in [-0.25, -0.2) is 4.79 Å². The predicted octanol–water partition coefficient (Wildman–Crippen LogP) is 3.67. The van der Waals surface area contributed by atoms with Crippen LogP contribution >= 0.6 is 0 Å². The van der Waals surface area contributed by atoms with Crippen LogP contribution in [0.4, 0.5) is 10.5 Å². The van der Waals surface area contributed by atoms with E-state index in [9.17, 15) is 4.79 Å². The zero-order valence-electron chi connectivity index (χ0n) is 14.7. The van der Waals surface area contributed by atoms with E-state index in [-0.39, 0.29) is 6.09 Å². The van der Waals surface area contributed by atoms with Gasteiger partial charge in [-0.3, -0.25) is 0 Å². The van der Waals surface area contributed by atoms with E-state index in [0.717, 1.165) is 13.1 Å². The number of rotatable bonds is 1. The average Bonchev–Trinajstić information content (AvgIpc) is 2.41. The molecule has 1 fully saturated rings. The maximum absolute atomic E-state index is 12.1. The molecule has 0 saturated carbocycles. The van der Waals surface area contributed by atoms with Crippen molar-refractivity contribution in [2.24, 2.45) is 0 Å². The molecule has 122 valence electrons. The molecule has 1 aromatic rings. The van der Waals surface area contributed by atoms with Gasteiger partial charge in [-0.2, -0.15) is 0 Å². The number of nitrogens with zero attached hydrogens (tertiary/aromatic N) is 2. The molecule has 0 unspecified atom stereocenters. The van der Waals surface area contributed by atoms with E-state index in [1.807, 2.05) is 20.8 Å². The topological polar surface area (TPSA) is 32.8 Å². The fraction of sp³-hybridized carbons (Fsp3) is 0.611. The van der Waals surface area contributed by atoms with E-state index < -0.39 is 5.60 Å². The molecule has 0 aromatic heterocycles. The normalized spacial score (nSPS) is 15.9. The summed E-state index contributed by atoms with van der Waals surface area (Å²) in [4.78, 5) is 16.3. The largest absolute Gasteiger partial charge is 0.444 e. The highest BCUT2D eigenvalue weighted by molar-refractivity contribution is 5.69. The SMILES string of the molecule is Cc1cc(C)c(N2CCN(C(=O)OC(C)(C)C)CC2)cc1C. The number of carbonyl (C=O) groups is 1. The first kappa shape index (κ1) is 16.7. The summed E-state index contributed by atoms with van der Waals surface area (Å²) in [5.41, 5.74) is 4.79. The van der Waals surface area contributed by atoms with Crippen molar-refractivity contribution in [1.29, 1.82) is 0 Å². The molecule has 1 aliphatic heterocycles. The van der Waals surface area contributed by atoms with Gasteiger partial charge in [0.2, 0.25) is 0 Å². The fourth-order valence-corrected chi connectivity index (χ4v) is 2.74. The Kier molecular flexibility index (Phi) is 4.69. The van der Waals surface area contributed by atoms with Gasteiger partial charge >= 0.3 is 6.09 Å². The third-order valence-corrected chi connectivity index (χ3v) is 4.08. The molecule has 1 saturated heterocycles. The Morgan fingerprint density at radius 1 is 0.955 bits per heavy atom. The van der Waals surface area contributed by atoms with Crippen molar-refractivity contribution in [1.82, 2.24) is 4.90 Å². The van der Waals surface area contributed by atoms with Crippen molar-refractivity contribution in [2.45, 2.75) is 47.1 Å². The van der Waals surface area contributed by atoms with Gasteiger partial charge < -0.3 is 14.5 Å². The summed E-state index contributed by atoms with van der Waals surface area (Å²) >= 11 is 0. The maximum Gasteiger partial charge on any atom is 0.410 e. The molecule has 0 atom stereocenters. The second kappa shape index (κ2) is 6.19. The van der Waals surface area contributed by atoms with Crippen LogP contribution in [0.3, 0.4) is 0 Å². The van der Waals surface area contributed by atoms with Crippen LogP contribution in [0, 0.1) is 20.8 Å². The summed E-state index contributed by atoms with van der Waals surface area (Å²) < 4.78 is 5.45. The number of amides is 1. The van der Waals surface area contributed by atoms with E-state index in [0.29, 0.717) is 13.1 Å². The van der Waals surface area contributed by atoms with Gasteiger partial charge in [-0.15, -0.1) is 0 Å². The Balaban J connectivity index is 2.01. The third-order valence-electron chi connectivity index (χ3n) is 4.08. The minimum Gasteiger partial charge on any atom is -0.444 e. The highest BCUT2D eigenvalue weighted by Gasteiger charge is 2.26. The van der Waals surface area contributed by atoms with Crippen LogP contribution in [-0.4, -0.2) is 42.8 Å². The molecule has 1 aliphatic rings. The van der Waals surface area contributed by atoms with Crippen molar-refractivity contribution in [3.05, 3.63) is 28.8 Å². The molecule has 0 aliphatic carbocycles. The lowest BCUT2D eigenvalue weighted by molar-refractivity contribution is 0.0240. The zero-order valence-corrected chi connectivity index (χ0v) is 14.7. The Labute approximate surface area is 134 Å². The summed E-state index contributed by atoms with van der Waals surface area (Å²) in [7, 11) is 0. The number of hydrogen-bond acceptors (Lipinski definition) is 3. The second-order valence-corrected chi connectivity index (χ2v) is 7.18. The molecule has 1 aromatic carbocycles. The smallest absolute Gasteiger partial charge is 0.410 e. The van der Waals surface area contributed by atoms with Gasteiger partial charge in [0, 0.05) is 31.9 Å². The fourth-order valence-electron chi connectivity index (χ4n) is 2.74. The van der Waals surface area contributed by atoms with Gasteiger partial charge in [0.25, 0.3) is 0 Å². The van der Waals surface area contributed by atoms with Crippen LogP contribution in [0.5, 0.6) is 0 Å². The number of piperazine rings is 1. The molecule has 2 rings (SSSR count). The van der Waals surface area contributed by atoms with Crippen molar-refractivity contribution >= 4 is 11.8 Å². The highest BCUT2D eigenvalue weighted by Crippen LogP contribution is 2.25. The quantitative estimate of drug-likeness (QED) is 0.793. The number of ether oxygens (including phenoxy) is 1. The Morgan fingerprint density at radius 2 is 1.50 bits per heavy atom. The summed E-state index contributed by atoms with van der Waals surface area (Å²) in [5, 5.41) is 0. The highest BCUT2D eigenvalue weighted by atomic mass is 16.6. The predicted molar refractivity (Wildman–Crippen MR) is 90.7 cm³/mol. The maximum atomic E-state index is 12.1. The van der Waals surface area contributed by atoms with Crippen molar-refractivity contribution < 1.29 is 9.53 Å². The summed E-state index contributed by atoms with van der Waals surface area (Å²) in [6.45, 7) is 15.3. The van der Waals surface area contributed by atoms with Gasteiger partial charge in [0.05, 0.1) is 0 Å². The Morgan fingerprint density at radius 3 is 2.05 bits per heavy atom. The van der Waals surface area contributed by atoms with Gasteiger partial charge in [-0.1, -0.05) is 6.07 Å². The van der Waals surface area contributed by atoms with Crippen LogP contribution in [0.2, 0.25) is 0 Å². The van der Waals surface area contributed by atoms with Crippen molar-refractivity contribution in [2.75, 3.05) is 31.1 Å². The van der Waals surface area contributed by atoms with Crippen LogP contribution in [-0.2, 0) is 4.74 Å². The van der Waals surface area contributed by atoms with E-state index in [4.69, 9.17) is 4.74 Å². The Bertz CT molecular complexity index is 553. The van der Waals surface area contributed by atoms with Crippen LogP contribution in [0.15, 0.2) is 12.1 Å². The van der Waals surface area contributed by atoms with E-state index in [1.54, 1.807) is 4.90 Å². The standard InChI is InChI=1S/C18H28N2O2/c1-13-11-15(3)16(12-14(13)2)19-7-9-20(10-8-19)17(21)22-18(4,5)6/h11-12H,7-10H2,1-6H3. The molecule has 4 heteroatoms. The summed E-state index contributed by atoms with van der Waals surface area (Å²) in [6.07, 6.45) is -0.205. The van der Waals surface area contributed by atoms with Gasteiger partial charge in [-0.05, 0) is 64.3 Å². The molecule has 0 spiro atoms. The molecular weight excluding hydrogens is 276 g/mol. The first-order valence-electron chi connectivity index (χ1n) is 7.98. The minimum absolute atomic E-state index is 0.205. The van der Waals surface area contributed by atoms with Crippen molar-refractivity contribution in [3.8, 4) is 0 Å². The molecule has 0 bridgehead atoms. The number of anilines is 1. The minimum atomic E-state index is -0.432. The average molecular weight is 304 g/mol. The monoisotopic (exact) mass is 304 g/mol. The lowest BCUT2D eigenvalue weighted by atomic mass is 10.0. The number of benzene rings is 1. The molecule has 0 N–H and O–H groups in total. The summed E-state index contributed by atoms with van der Waals surface area (Å²) in [5.74, 6) is 0. The molecular formula is C18H28N2O2. The van der Waals surface area contributed by atoms with Gasteiger partial charge in [0.15, 0.2) is 0 Å². The van der Waals surface area contributed by atoms with Gasteiger partial charge in [0.1, 0.15) is 5.60 Å². The Hall–Kier alpha value is -1.71. The first-order valence-corrected chi connectivity index (χ1v) is 7.98. The lowest BCUT2D eigenvalue weighted by Crippen LogP contribution is -2.50. The van der Waals surface area contributed by atoms with E-state index in [1.165, 1.54) is 22.4 Å². The molecule has 1 amide bonds. The molecule has 4 nitrogen and oxygen atoms in total. The molecule has 0 radical (unpaired) electrons. The van der Waals surface area contributed by atoms with Crippen LogP contribution in [0.1, 0.15) is 37.5 Å². The van der Waals surface area contributed by atoms with Crippen molar-refractivity contribution in [3.63, 3.8) is 0 Å². The molecule has 22 heavy (non-hydrogen) atoms. The van der Waals surface area contributed by atoms with Crippen LogP contribution < -0.4 is 4.90 Å². The second-order valence-electron chi connectivity index (χ2n) is 7.18.